The molecule has 13 heteroatoms. The summed E-state index contributed by atoms with van der Waals surface area (Å²) in [5.41, 5.74) is 8.18. The van der Waals surface area contributed by atoms with Crippen LogP contribution in [-0.4, -0.2) is 17.8 Å². The van der Waals surface area contributed by atoms with Crippen LogP contribution in [0.3, 0.4) is 0 Å². The van der Waals surface area contributed by atoms with Gasteiger partial charge in [-0.25, -0.2) is 17.6 Å². The molecule has 6 nitrogen and oxygen atoms in total. The van der Waals surface area contributed by atoms with E-state index in [2.05, 4.69) is 10.3 Å². The molecule has 2 aromatic carbocycles. The maximum absolute atomic E-state index is 13.2. The molecular formula is C26H29F7N4O2. The van der Waals surface area contributed by atoms with E-state index in [4.69, 9.17) is 11.5 Å². The van der Waals surface area contributed by atoms with Gasteiger partial charge >= 0.3 is 6.18 Å². The Labute approximate surface area is 220 Å². The Morgan fingerprint density at radius 3 is 2.10 bits per heavy atom. The highest BCUT2D eigenvalue weighted by atomic mass is 19.4. The topological polar surface area (TPSA) is 111 Å². The zero-order chi connectivity index (χ0) is 29.2. The summed E-state index contributed by atoms with van der Waals surface area (Å²) < 4.78 is 89.7. The third-order valence-corrected chi connectivity index (χ3v) is 6.02. The number of rotatable bonds is 7. The van der Waals surface area contributed by atoms with Crippen LogP contribution in [0.2, 0.25) is 0 Å². The molecule has 0 bridgehead atoms. The van der Waals surface area contributed by atoms with Gasteiger partial charge < -0.3 is 16.8 Å². The number of aliphatic imine (C=N–C) groups is 1. The summed E-state index contributed by atoms with van der Waals surface area (Å²) >= 11 is 0. The fraction of sp³-hybridized carbons (Fsp3) is 0.423. The summed E-state index contributed by atoms with van der Waals surface area (Å²) in [5.74, 6) is -5.69. The number of hydrogen-bond acceptors (Lipinski definition) is 2. The number of halogens is 7. The van der Waals surface area contributed by atoms with Gasteiger partial charge in [-0.1, -0.05) is 38.2 Å². The maximum Gasteiger partial charge on any atom is 0.419 e. The van der Waals surface area contributed by atoms with Crippen molar-refractivity contribution in [1.82, 2.24) is 5.32 Å². The van der Waals surface area contributed by atoms with Crippen molar-refractivity contribution in [2.24, 2.45) is 22.4 Å². The molecule has 214 valence electrons. The first kappa shape index (κ1) is 31.6. The molecule has 0 spiro atoms. The molecule has 1 aliphatic rings. The second kappa shape index (κ2) is 14.5. The van der Waals surface area contributed by atoms with Gasteiger partial charge in [0.05, 0.1) is 12.0 Å². The highest BCUT2D eigenvalue weighted by molar-refractivity contribution is 5.92. The van der Waals surface area contributed by atoms with Crippen LogP contribution >= 0.6 is 0 Å². The molecule has 0 saturated heterocycles. The Balaban J connectivity index is 0.000000293. The van der Waals surface area contributed by atoms with Crippen molar-refractivity contribution < 1.29 is 40.3 Å². The molecule has 2 amide bonds. The average Bonchev–Trinajstić information content (AvgIpc) is 2.84. The second-order valence-electron chi connectivity index (χ2n) is 9.09. The lowest BCUT2D eigenvalue weighted by atomic mass is 9.86. The van der Waals surface area contributed by atoms with E-state index in [0.29, 0.717) is 24.5 Å². The second-order valence-corrected chi connectivity index (χ2v) is 9.09. The molecule has 5 N–H and O–H groups in total. The SMILES string of the molecule is NC(N)=NC(=O)Cc1c(F)cc(F)cc1F.O=C(CCC1CCCCC1)NCc1ccc(F)c(C(F)(F)F)c1. The molecule has 0 heterocycles. The summed E-state index contributed by atoms with van der Waals surface area (Å²) in [7, 11) is 0. The van der Waals surface area contributed by atoms with Gasteiger partial charge in [0, 0.05) is 30.7 Å². The standard InChI is InChI=1S/C17H21F4NO.C9H8F3N3O/c18-15-8-6-13(10-14(15)17(19,20)21)11-22-16(23)9-7-12-4-2-1-3-5-12;10-4-1-6(11)5(7(12)2-4)3-8(16)15-9(13)14/h6,8,10,12H,1-5,7,9,11H2,(H,22,23);1-2H,3H2,(H4,13,14,15,16). The number of benzene rings is 2. The number of hydrogen-bond donors (Lipinski definition) is 3. The Bertz CT molecular complexity index is 1150. The van der Waals surface area contributed by atoms with Crippen molar-refractivity contribution in [3.63, 3.8) is 0 Å². The Morgan fingerprint density at radius 2 is 1.54 bits per heavy atom. The highest BCUT2D eigenvalue weighted by Crippen LogP contribution is 2.32. The zero-order valence-electron chi connectivity index (χ0n) is 20.9. The van der Waals surface area contributed by atoms with E-state index in [0.717, 1.165) is 31.4 Å². The van der Waals surface area contributed by atoms with Crippen LogP contribution in [0.4, 0.5) is 30.7 Å². The molecule has 2 aromatic rings. The van der Waals surface area contributed by atoms with Crippen LogP contribution < -0.4 is 16.8 Å². The number of guanidine groups is 1. The van der Waals surface area contributed by atoms with Gasteiger partial charge in [-0.3, -0.25) is 9.59 Å². The van der Waals surface area contributed by atoms with Crippen molar-refractivity contribution in [2.75, 3.05) is 0 Å². The van der Waals surface area contributed by atoms with Crippen molar-refractivity contribution in [3.8, 4) is 0 Å². The molecule has 3 rings (SSSR count). The zero-order valence-corrected chi connectivity index (χ0v) is 20.9. The van der Waals surface area contributed by atoms with Crippen LogP contribution in [0.15, 0.2) is 35.3 Å². The number of carbonyl (C=O) groups is 2. The van der Waals surface area contributed by atoms with Gasteiger partial charge in [-0.2, -0.15) is 18.2 Å². The molecule has 0 aromatic heterocycles. The minimum atomic E-state index is -4.73. The number of nitrogens with zero attached hydrogens (tertiary/aromatic N) is 1. The van der Waals surface area contributed by atoms with Gasteiger partial charge in [0.25, 0.3) is 5.91 Å². The quantitative estimate of drug-likeness (QED) is 0.243. The first-order chi connectivity index (χ1) is 18.3. The third kappa shape index (κ3) is 10.9. The summed E-state index contributed by atoms with van der Waals surface area (Å²) in [4.78, 5) is 25.9. The smallest absolute Gasteiger partial charge is 0.370 e. The fourth-order valence-corrected chi connectivity index (χ4v) is 4.08. The summed E-state index contributed by atoms with van der Waals surface area (Å²) in [6.07, 6.45) is 1.79. The van der Waals surface area contributed by atoms with E-state index in [1.807, 2.05) is 0 Å². The van der Waals surface area contributed by atoms with E-state index in [1.165, 1.54) is 25.3 Å². The third-order valence-electron chi connectivity index (χ3n) is 6.02. The van der Waals surface area contributed by atoms with Crippen molar-refractivity contribution in [2.45, 2.75) is 64.1 Å². The van der Waals surface area contributed by atoms with Crippen LogP contribution in [0, 0.1) is 29.2 Å². The number of nitrogens with two attached hydrogens (primary N) is 2. The summed E-state index contributed by atoms with van der Waals surface area (Å²) in [6, 6.07) is 3.73. The van der Waals surface area contributed by atoms with Gasteiger partial charge in [0.1, 0.15) is 23.3 Å². The van der Waals surface area contributed by atoms with E-state index >= 15 is 0 Å². The van der Waals surface area contributed by atoms with Gasteiger partial charge in [-0.15, -0.1) is 0 Å². The number of alkyl halides is 3. The molecule has 0 aliphatic heterocycles. The molecule has 0 atom stereocenters. The van der Waals surface area contributed by atoms with Crippen molar-refractivity contribution in [3.05, 3.63) is 70.3 Å². The van der Waals surface area contributed by atoms with E-state index in [-0.39, 0.29) is 18.0 Å². The molecule has 39 heavy (non-hydrogen) atoms. The van der Waals surface area contributed by atoms with Gasteiger partial charge in [0.15, 0.2) is 5.96 Å². The maximum atomic E-state index is 13.2. The minimum Gasteiger partial charge on any atom is -0.370 e. The van der Waals surface area contributed by atoms with Crippen LogP contribution in [0.5, 0.6) is 0 Å². The average molecular weight is 563 g/mol. The first-order valence-corrected chi connectivity index (χ1v) is 12.1. The van der Waals surface area contributed by atoms with Gasteiger partial charge in [-0.05, 0) is 30.0 Å². The lowest BCUT2D eigenvalue weighted by Gasteiger charge is -2.21. The molecule has 0 unspecified atom stereocenters. The van der Waals surface area contributed by atoms with Gasteiger partial charge in [0.2, 0.25) is 5.91 Å². The van der Waals surface area contributed by atoms with Crippen LogP contribution in [0.25, 0.3) is 0 Å². The highest BCUT2D eigenvalue weighted by Gasteiger charge is 2.34. The fourth-order valence-electron chi connectivity index (χ4n) is 4.08. The summed E-state index contributed by atoms with van der Waals surface area (Å²) in [6.45, 7) is -0.0210. The van der Waals surface area contributed by atoms with E-state index in [1.54, 1.807) is 0 Å². The first-order valence-electron chi connectivity index (χ1n) is 12.1. The Morgan fingerprint density at radius 1 is 0.923 bits per heavy atom. The molecule has 1 fully saturated rings. The lowest BCUT2D eigenvalue weighted by molar-refractivity contribution is -0.140. The number of nitrogens with one attached hydrogen (secondary N) is 1. The van der Waals surface area contributed by atoms with E-state index < -0.39 is 58.9 Å². The van der Waals surface area contributed by atoms with Crippen LogP contribution in [0.1, 0.15) is 61.6 Å². The van der Waals surface area contributed by atoms with Crippen molar-refractivity contribution in [1.29, 1.82) is 0 Å². The molecule has 1 saturated carbocycles. The predicted molar refractivity (Wildman–Crippen MR) is 130 cm³/mol. The Hall–Kier alpha value is -3.64. The Kier molecular flexibility index (Phi) is 11.7. The predicted octanol–water partition coefficient (Wildman–Crippen LogP) is 5.27. The normalized spacial score (nSPS) is 13.7. The largest absolute Gasteiger partial charge is 0.419 e. The van der Waals surface area contributed by atoms with Crippen LogP contribution in [-0.2, 0) is 28.7 Å². The molecule has 0 radical (unpaired) electrons. The molecule has 1 aliphatic carbocycles. The minimum absolute atomic E-state index is 0.0210. The van der Waals surface area contributed by atoms with Crippen molar-refractivity contribution >= 4 is 17.8 Å². The number of carbonyl (C=O) groups excluding carboxylic acids is 2. The summed E-state index contributed by atoms with van der Waals surface area (Å²) in [5, 5.41) is 2.61. The lowest BCUT2D eigenvalue weighted by Crippen LogP contribution is -2.24. The monoisotopic (exact) mass is 562 g/mol. The molecular weight excluding hydrogens is 533 g/mol. The number of amides is 2. The van der Waals surface area contributed by atoms with E-state index in [9.17, 15) is 40.3 Å².